The molecule has 0 saturated carbocycles. The first-order chi connectivity index (χ1) is 18.7. The summed E-state index contributed by atoms with van der Waals surface area (Å²) in [5.41, 5.74) is 0. The molecule has 4 nitrogen and oxygen atoms in total. The van der Waals surface area contributed by atoms with Crippen LogP contribution >= 0.6 is 0 Å². The first-order valence-electron chi connectivity index (χ1n) is 16.2. The van der Waals surface area contributed by atoms with E-state index in [1.165, 1.54) is 89.9 Å². The summed E-state index contributed by atoms with van der Waals surface area (Å²) in [4.78, 5) is 12.2. The number of unbranched alkanes of at least 4 members (excludes halogenated alkanes) is 17. The standard InChI is InChI=1S/C34H63NO3/c1-3-5-7-9-11-13-15-17-19-21-23-25-27-29-33(37)32(31-36)35-34(38)30-28-26-24-22-20-18-16-14-12-10-8-6-4-2/h14,16,19,21,27,29,32-33,36-37H,3-13,15,17-18,20,22-26,28,30-31H2,1-2H3,(H,35,38)/b16-14+,21-19+,29-27+/t32-,33+/m0/s1. The van der Waals surface area contributed by atoms with Gasteiger partial charge in [0.05, 0.1) is 18.8 Å². The maximum Gasteiger partial charge on any atom is 0.220 e. The summed E-state index contributed by atoms with van der Waals surface area (Å²) in [6.07, 6.45) is 37.9. The number of aliphatic hydroxyl groups is 2. The highest BCUT2D eigenvalue weighted by Gasteiger charge is 2.17. The normalized spacial score (nSPS) is 13.7. The molecule has 0 aromatic carbocycles. The van der Waals surface area contributed by atoms with Gasteiger partial charge >= 0.3 is 0 Å². The van der Waals surface area contributed by atoms with Gasteiger partial charge in [-0.3, -0.25) is 4.79 Å². The van der Waals surface area contributed by atoms with Gasteiger partial charge in [-0.15, -0.1) is 0 Å². The van der Waals surface area contributed by atoms with Crippen LogP contribution in [0.2, 0.25) is 0 Å². The van der Waals surface area contributed by atoms with Gasteiger partial charge in [0.2, 0.25) is 5.91 Å². The molecule has 0 aliphatic rings. The van der Waals surface area contributed by atoms with Crippen LogP contribution in [0, 0.1) is 0 Å². The molecule has 0 aliphatic carbocycles. The summed E-state index contributed by atoms with van der Waals surface area (Å²) < 4.78 is 0. The van der Waals surface area contributed by atoms with Crippen LogP contribution in [-0.4, -0.2) is 34.9 Å². The Morgan fingerprint density at radius 1 is 0.605 bits per heavy atom. The molecule has 0 aromatic rings. The molecule has 0 heterocycles. The fraction of sp³-hybridized carbons (Fsp3) is 0.794. The average Bonchev–Trinajstić information content (AvgIpc) is 2.92. The van der Waals surface area contributed by atoms with Gasteiger partial charge in [-0.1, -0.05) is 127 Å². The van der Waals surface area contributed by atoms with Gasteiger partial charge in [0.25, 0.3) is 0 Å². The van der Waals surface area contributed by atoms with Gasteiger partial charge in [-0.25, -0.2) is 0 Å². The molecule has 0 radical (unpaired) electrons. The van der Waals surface area contributed by atoms with Crippen LogP contribution in [0.1, 0.15) is 155 Å². The maximum absolute atomic E-state index is 12.2. The number of carbonyl (C=O) groups excluding carboxylic acids is 1. The van der Waals surface area contributed by atoms with Gasteiger partial charge in [-0.2, -0.15) is 0 Å². The Bertz CT molecular complexity index is 584. The Morgan fingerprint density at radius 2 is 1.03 bits per heavy atom. The Hall–Kier alpha value is -1.39. The number of allylic oxidation sites excluding steroid dienone is 5. The minimum Gasteiger partial charge on any atom is -0.394 e. The third-order valence-corrected chi connectivity index (χ3v) is 7.10. The van der Waals surface area contributed by atoms with E-state index in [1.54, 1.807) is 6.08 Å². The number of amides is 1. The lowest BCUT2D eigenvalue weighted by Crippen LogP contribution is -2.45. The Morgan fingerprint density at radius 3 is 1.55 bits per heavy atom. The summed E-state index contributed by atoms with van der Waals surface area (Å²) >= 11 is 0. The molecule has 222 valence electrons. The van der Waals surface area contributed by atoms with E-state index in [0.29, 0.717) is 6.42 Å². The van der Waals surface area contributed by atoms with E-state index in [4.69, 9.17) is 0 Å². The highest BCUT2D eigenvalue weighted by Crippen LogP contribution is 2.10. The molecule has 0 rings (SSSR count). The van der Waals surface area contributed by atoms with E-state index in [2.05, 4.69) is 43.5 Å². The first-order valence-corrected chi connectivity index (χ1v) is 16.2. The molecule has 0 aliphatic heterocycles. The SMILES string of the molecule is CCCCCC/C=C/CCCCCCCC(=O)N[C@@H](CO)[C@H](O)/C=C/CC/C=C/CCCCCCCCC. The second-order valence-electron chi connectivity index (χ2n) is 10.9. The number of aliphatic hydroxyl groups excluding tert-OH is 2. The van der Waals surface area contributed by atoms with Crippen LogP contribution in [0.15, 0.2) is 36.5 Å². The van der Waals surface area contributed by atoms with Crippen LogP contribution in [0.5, 0.6) is 0 Å². The van der Waals surface area contributed by atoms with Crippen molar-refractivity contribution in [2.24, 2.45) is 0 Å². The topological polar surface area (TPSA) is 69.6 Å². The fourth-order valence-electron chi connectivity index (χ4n) is 4.54. The van der Waals surface area contributed by atoms with Crippen LogP contribution < -0.4 is 5.32 Å². The molecule has 2 atom stereocenters. The lowest BCUT2D eigenvalue weighted by atomic mass is 10.1. The lowest BCUT2D eigenvalue weighted by molar-refractivity contribution is -0.123. The molecule has 0 unspecified atom stereocenters. The van der Waals surface area contributed by atoms with Crippen LogP contribution in [0.25, 0.3) is 0 Å². The van der Waals surface area contributed by atoms with E-state index in [0.717, 1.165) is 44.9 Å². The predicted molar refractivity (Wildman–Crippen MR) is 165 cm³/mol. The molecule has 0 aromatic heterocycles. The summed E-state index contributed by atoms with van der Waals surface area (Å²) in [7, 11) is 0. The van der Waals surface area contributed by atoms with Crippen LogP contribution in [0.3, 0.4) is 0 Å². The van der Waals surface area contributed by atoms with Crippen molar-refractivity contribution < 1.29 is 15.0 Å². The summed E-state index contributed by atoms with van der Waals surface area (Å²) in [5.74, 6) is -0.0872. The highest BCUT2D eigenvalue weighted by molar-refractivity contribution is 5.76. The molecule has 1 amide bonds. The largest absolute Gasteiger partial charge is 0.394 e. The van der Waals surface area contributed by atoms with Crippen molar-refractivity contribution >= 4 is 5.91 Å². The van der Waals surface area contributed by atoms with Crippen LogP contribution in [0.4, 0.5) is 0 Å². The Kier molecular flexibility index (Phi) is 29.1. The van der Waals surface area contributed by atoms with E-state index >= 15 is 0 Å². The fourth-order valence-corrected chi connectivity index (χ4v) is 4.54. The zero-order valence-corrected chi connectivity index (χ0v) is 25.2. The zero-order chi connectivity index (χ0) is 27.9. The van der Waals surface area contributed by atoms with Crippen molar-refractivity contribution in [1.82, 2.24) is 5.32 Å². The van der Waals surface area contributed by atoms with Crippen LogP contribution in [-0.2, 0) is 4.79 Å². The first kappa shape index (κ1) is 36.6. The number of hydrogen-bond donors (Lipinski definition) is 3. The Balaban J connectivity index is 3.75. The van der Waals surface area contributed by atoms with Gasteiger partial charge in [0.1, 0.15) is 0 Å². The molecule has 3 N–H and O–H groups in total. The molecule has 38 heavy (non-hydrogen) atoms. The molecule has 0 fully saturated rings. The third-order valence-electron chi connectivity index (χ3n) is 7.10. The number of carbonyl (C=O) groups is 1. The third kappa shape index (κ3) is 26.2. The van der Waals surface area contributed by atoms with Crippen molar-refractivity contribution in [3.05, 3.63) is 36.5 Å². The number of nitrogens with one attached hydrogen (secondary N) is 1. The lowest BCUT2D eigenvalue weighted by Gasteiger charge is -2.19. The molecule has 4 heteroatoms. The van der Waals surface area contributed by atoms with Crippen molar-refractivity contribution in [3.8, 4) is 0 Å². The smallest absolute Gasteiger partial charge is 0.220 e. The molecular weight excluding hydrogens is 470 g/mol. The molecule has 0 bridgehead atoms. The van der Waals surface area contributed by atoms with Gasteiger partial charge in [0.15, 0.2) is 0 Å². The number of rotatable bonds is 28. The minimum absolute atomic E-state index is 0.0872. The van der Waals surface area contributed by atoms with Gasteiger partial charge in [-0.05, 0) is 57.8 Å². The monoisotopic (exact) mass is 533 g/mol. The summed E-state index contributed by atoms with van der Waals surface area (Å²) in [6, 6.07) is -0.639. The molecule has 0 spiro atoms. The number of hydrogen-bond acceptors (Lipinski definition) is 3. The summed E-state index contributed by atoms with van der Waals surface area (Å²) in [6.45, 7) is 4.24. The van der Waals surface area contributed by atoms with E-state index in [-0.39, 0.29) is 12.5 Å². The zero-order valence-electron chi connectivity index (χ0n) is 25.2. The molecule has 0 saturated heterocycles. The second-order valence-corrected chi connectivity index (χ2v) is 10.9. The second kappa shape index (κ2) is 30.2. The van der Waals surface area contributed by atoms with Crippen molar-refractivity contribution in [3.63, 3.8) is 0 Å². The van der Waals surface area contributed by atoms with Gasteiger partial charge < -0.3 is 15.5 Å². The van der Waals surface area contributed by atoms with Crippen molar-refractivity contribution in [2.45, 2.75) is 167 Å². The maximum atomic E-state index is 12.2. The molecular formula is C34H63NO3. The minimum atomic E-state index is -0.861. The van der Waals surface area contributed by atoms with E-state index in [9.17, 15) is 15.0 Å². The predicted octanol–water partition coefficient (Wildman–Crippen LogP) is 9.12. The van der Waals surface area contributed by atoms with Gasteiger partial charge in [0, 0.05) is 6.42 Å². The van der Waals surface area contributed by atoms with E-state index < -0.39 is 12.1 Å². The quantitative estimate of drug-likeness (QED) is 0.0693. The summed E-state index contributed by atoms with van der Waals surface area (Å²) in [5, 5.41) is 22.7. The highest BCUT2D eigenvalue weighted by atomic mass is 16.3. The Labute approximate surface area is 236 Å². The average molecular weight is 534 g/mol. The van der Waals surface area contributed by atoms with E-state index in [1.807, 2.05) is 6.08 Å². The van der Waals surface area contributed by atoms with Crippen molar-refractivity contribution in [2.75, 3.05) is 6.61 Å². The van der Waals surface area contributed by atoms with Crippen molar-refractivity contribution in [1.29, 1.82) is 0 Å².